The van der Waals surface area contributed by atoms with Gasteiger partial charge in [-0.25, -0.2) is 4.73 Å². The predicted molar refractivity (Wildman–Crippen MR) is 131 cm³/mol. The predicted octanol–water partition coefficient (Wildman–Crippen LogP) is 2.57. The number of benzene rings is 1. The van der Waals surface area contributed by atoms with E-state index < -0.39 is 17.8 Å². The van der Waals surface area contributed by atoms with Crippen LogP contribution >= 0.6 is 0 Å². The van der Waals surface area contributed by atoms with Gasteiger partial charge in [0.25, 0.3) is 12.1 Å². The van der Waals surface area contributed by atoms with Gasteiger partial charge in [-0.1, -0.05) is 13.8 Å². The fourth-order valence-electron chi connectivity index (χ4n) is 5.31. The minimum Gasteiger partial charge on any atom is -0.710 e. The summed E-state index contributed by atoms with van der Waals surface area (Å²) < 4.78 is 40.3. The van der Waals surface area contributed by atoms with E-state index in [1.165, 1.54) is 6.92 Å². The first-order valence-electron chi connectivity index (χ1n) is 12.6. The van der Waals surface area contributed by atoms with Gasteiger partial charge in [0.2, 0.25) is 11.8 Å². The van der Waals surface area contributed by atoms with E-state index in [2.05, 4.69) is 34.8 Å². The van der Waals surface area contributed by atoms with Gasteiger partial charge in [-0.15, -0.1) is 0 Å². The molecular weight excluding hydrogens is 489 g/mol. The summed E-state index contributed by atoms with van der Waals surface area (Å²) in [5.41, 5.74) is -0.887. The minimum atomic E-state index is -4.59. The average Bonchev–Trinajstić information content (AvgIpc) is 3.18. The number of fused-ring (bicyclic) bond motifs is 1. The highest BCUT2D eigenvalue weighted by Crippen LogP contribution is 2.33. The summed E-state index contributed by atoms with van der Waals surface area (Å²) in [4.78, 5) is 31.1. The Balaban J connectivity index is 1.52. The Labute approximate surface area is 213 Å². The van der Waals surface area contributed by atoms with Gasteiger partial charge in [-0.2, -0.15) is 13.2 Å². The van der Waals surface area contributed by atoms with Gasteiger partial charge in [-0.05, 0) is 61.3 Å². The number of nitrogens with one attached hydrogen (secondary N) is 3. The third kappa shape index (κ3) is 6.06. The molecule has 2 amide bonds. The van der Waals surface area contributed by atoms with Crippen LogP contribution in [-0.2, 0) is 15.8 Å². The first-order valence-corrected chi connectivity index (χ1v) is 12.6. The molecule has 4 rings (SSSR count). The summed E-state index contributed by atoms with van der Waals surface area (Å²) in [6.07, 6.45) is -0.913. The van der Waals surface area contributed by atoms with Gasteiger partial charge in [0.1, 0.15) is 11.6 Å². The van der Waals surface area contributed by atoms with Crippen molar-refractivity contribution >= 4 is 28.5 Å². The standard InChI is InChI=1S/C25H33F3N6O3/c1-14(2)12-29-17-5-7-22(20(11-17)31-15(3)35)33-9-8-19(24(33)36)32-23-18-10-16(25(26,27)28)4-6-21(18)34(37)13-30-23/h4,6,10,13-14,17,19-20,22,29H,5,7-9,11-12H2,1-3H3,(H,30,32)(H,31,35)/t17-,19+,20-,22+/m1/s1. The first kappa shape index (κ1) is 26.9. The van der Waals surface area contributed by atoms with Crippen molar-refractivity contribution in [2.75, 3.05) is 18.4 Å². The molecule has 2 fully saturated rings. The van der Waals surface area contributed by atoms with E-state index in [-0.39, 0.29) is 46.7 Å². The molecule has 9 nitrogen and oxygen atoms in total. The molecule has 1 saturated heterocycles. The average molecular weight is 523 g/mol. The molecule has 202 valence electrons. The second kappa shape index (κ2) is 10.7. The Hall–Kier alpha value is -3.15. The van der Waals surface area contributed by atoms with E-state index in [0.717, 1.165) is 43.9 Å². The van der Waals surface area contributed by atoms with Crippen LogP contribution in [0.3, 0.4) is 0 Å². The van der Waals surface area contributed by atoms with Crippen molar-refractivity contribution in [2.24, 2.45) is 5.92 Å². The molecule has 0 spiro atoms. The quantitative estimate of drug-likeness (QED) is 0.381. The number of anilines is 1. The second-order valence-corrected chi connectivity index (χ2v) is 10.4. The molecule has 2 aliphatic rings. The molecule has 1 aromatic carbocycles. The summed E-state index contributed by atoms with van der Waals surface area (Å²) in [6.45, 7) is 7.04. The van der Waals surface area contributed by atoms with Gasteiger partial charge in [-0.3, -0.25) is 9.59 Å². The van der Waals surface area contributed by atoms with Crippen LogP contribution in [0.1, 0.15) is 52.0 Å². The van der Waals surface area contributed by atoms with Crippen molar-refractivity contribution < 1.29 is 27.5 Å². The van der Waals surface area contributed by atoms with Gasteiger partial charge in [0.15, 0.2) is 0 Å². The summed E-state index contributed by atoms with van der Waals surface area (Å²) in [7, 11) is 0. The molecule has 37 heavy (non-hydrogen) atoms. The van der Waals surface area contributed by atoms with Crippen LogP contribution in [0.2, 0.25) is 0 Å². The van der Waals surface area contributed by atoms with Gasteiger partial charge in [0, 0.05) is 19.5 Å². The molecule has 1 aliphatic carbocycles. The highest BCUT2D eigenvalue weighted by molar-refractivity contribution is 5.92. The number of likely N-dealkylation sites (tertiary alicyclic amines) is 1. The molecule has 2 heterocycles. The Morgan fingerprint density at radius 2 is 2.03 bits per heavy atom. The molecule has 1 aliphatic heterocycles. The van der Waals surface area contributed by atoms with Crippen LogP contribution in [0.4, 0.5) is 19.0 Å². The molecule has 3 N–H and O–H groups in total. The Morgan fingerprint density at radius 3 is 2.70 bits per heavy atom. The second-order valence-electron chi connectivity index (χ2n) is 10.4. The fourth-order valence-corrected chi connectivity index (χ4v) is 5.31. The Kier molecular flexibility index (Phi) is 7.77. The topological polar surface area (TPSA) is 113 Å². The van der Waals surface area contributed by atoms with Gasteiger partial charge in [0.05, 0.1) is 23.0 Å². The van der Waals surface area contributed by atoms with Crippen LogP contribution in [0.25, 0.3) is 10.9 Å². The van der Waals surface area contributed by atoms with Crippen LogP contribution in [0.5, 0.6) is 0 Å². The number of alkyl halides is 3. The Bertz CT molecular complexity index is 1160. The lowest BCUT2D eigenvalue weighted by molar-refractivity contribution is -0.580. The monoisotopic (exact) mass is 522 g/mol. The molecule has 4 atom stereocenters. The number of rotatable bonds is 7. The zero-order valence-corrected chi connectivity index (χ0v) is 21.1. The third-order valence-electron chi connectivity index (χ3n) is 7.08. The molecule has 1 aromatic heterocycles. The van der Waals surface area contributed by atoms with Crippen LogP contribution in [0.15, 0.2) is 24.5 Å². The van der Waals surface area contributed by atoms with Crippen molar-refractivity contribution in [3.63, 3.8) is 0 Å². The highest BCUT2D eigenvalue weighted by atomic mass is 19.4. The molecule has 0 radical (unpaired) electrons. The van der Waals surface area contributed by atoms with E-state index >= 15 is 0 Å². The lowest BCUT2D eigenvalue weighted by Crippen LogP contribution is -2.58. The summed E-state index contributed by atoms with van der Waals surface area (Å²) >= 11 is 0. The van der Waals surface area contributed by atoms with E-state index in [0.29, 0.717) is 30.0 Å². The molecule has 12 heteroatoms. The maximum absolute atomic E-state index is 13.4. The largest absolute Gasteiger partial charge is 0.710 e. The SMILES string of the molecule is CC(=O)N[C@@H]1C[C@H](NCC(C)C)CC[C@@H]1N1CC[C@H](Nc2nc[n+]([O-])c3ccc(C(F)(F)F)cc23)C1=O. The molecular formula is C25H33F3N6O3. The minimum absolute atomic E-state index is 0.00793. The smallest absolute Gasteiger partial charge is 0.416 e. The van der Waals surface area contributed by atoms with E-state index in [1.54, 1.807) is 4.90 Å². The van der Waals surface area contributed by atoms with Crippen molar-refractivity contribution in [1.82, 2.24) is 20.5 Å². The summed E-state index contributed by atoms with van der Waals surface area (Å²) in [5.74, 6) is 0.185. The number of amides is 2. The lowest BCUT2D eigenvalue weighted by Gasteiger charge is -2.41. The highest BCUT2D eigenvalue weighted by Gasteiger charge is 2.42. The molecule has 2 aromatic rings. The van der Waals surface area contributed by atoms with Crippen LogP contribution in [-0.4, -0.2) is 59.0 Å². The van der Waals surface area contributed by atoms with E-state index in [1.807, 2.05) is 0 Å². The number of carbonyl (C=O) groups excluding carboxylic acids is 2. The number of halogens is 3. The molecule has 0 bridgehead atoms. The zero-order valence-electron chi connectivity index (χ0n) is 21.1. The first-order chi connectivity index (χ1) is 17.4. The normalized spacial score (nSPS) is 24.6. The van der Waals surface area contributed by atoms with Crippen molar-refractivity contribution in [1.29, 1.82) is 0 Å². The number of nitrogens with zero attached hydrogens (tertiary/aromatic N) is 3. The number of carbonyl (C=O) groups is 2. The number of hydrogen-bond donors (Lipinski definition) is 3. The Morgan fingerprint density at radius 1 is 1.27 bits per heavy atom. The maximum Gasteiger partial charge on any atom is 0.416 e. The van der Waals surface area contributed by atoms with Gasteiger partial charge >= 0.3 is 6.18 Å². The van der Waals surface area contributed by atoms with Crippen LogP contribution < -0.4 is 20.7 Å². The molecule has 0 unspecified atom stereocenters. The van der Waals surface area contributed by atoms with Crippen molar-refractivity contribution in [3.05, 3.63) is 35.3 Å². The fraction of sp³-hybridized carbons (Fsp3) is 0.600. The zero-order chi connectivity index (χ0) is 26.9. The van der Waals surface area contributed by atoms with Crippen molar-refractivity contribution in [3.8, 4) is 0 Å². The number of aromatic nitrogens is 2. The number of hydrogen-bond acceptors (Lipinski definition) is 6. The lowest BCUT2D eigenvalue weighted by atomic mass is 9.85. The maximum atomic E-state index is 13.4. The van der Waals surface area contributed by atoms with Crippen molar-refractivity contribution in [2.45, 2.75) is 76.8 Å². The van der Waals surface area contributed by atoms with Crippen LogP contribution in [0, 0.1) is 11.1 Å². The van der Waals surface area contributed by atoms with Gasteiger partial charge < -0.3 is 26.1 Å². The summed E-state index contributed by atoms with van der Waals surface area (Å²) in [6, 6.07) is 1.96. The van der Waals surface area contributed by atoms with E-state index in [9.17, 15) is 28.0 Å². The molecule has 1 saturated carbocycles. The van der Waals surface area contributed by atoms with E-state index in [4.69, 9.17) is 0 Å². The summed E-state index contributed by atoms with van der Waals surface area (Å²) in [5, 5.41) is 21.6. The third-order valence-corrected chi connectivity index (χ3v) is 7.08.